The molecule has 0 spiro atoms. The van der Waals surface area contributed by atoms with Crippen molar-refractivity contribution in [1.82, 2.24) is 0 Å². The predicted molar refractivity (Wildman–Crippen MR) is 106 cm³/mol. The average Bonchev–Trinajstić information content (AvgIpc) is 2.53. The van der Waals surface area contributed by atoms with Gasteiger partial charge in [0.15, 0.2) is 17.2 Å². The SMILES string of the molecule is CC=COc1c(OCC=C(Cl)Cl)cc(Cl)c(OCCCCBr)c1Cl. The summed E-state index contributed by atoms with van der Waals surface area (Å²) in [7, 11) is 0. The monoisotopic (exact) mass is 476 g/mol. The number of allylic oxidation sites excluding steroid dienone is 1. The second-order valence-electron chi connectivity index (χ2n) is 4.47. The standard InChI is InChI=1S/C16H17BrCl4O3/c1-2-7-23-16-12(22-9-5-13(19)20)10-11(18)15(14(16)21)24-8-4-3-6-17/h2,5,7,10H,3-4,6,8-9H2,1H3. The molecule has 3 nitrogen and oxygen atoms in total. The molecule has 0 saturated heterocycles. The van der Waals surface area contributed by atoms with Crippen molar-refractivity contribution >= 4 is 62.3 Å². The lowest BCUT2D eigenvalue weighted by Crippen LogP contribution is -2.02. The smallest absolute Gasteiger partial charge is 0.190 e. The van der Waals surface area contributed by atoms with Gasteiger partial charge in [-0.3, -0.25) is 0 Å². The molecular weight excluding hydrogens is 462 g/mol. The molecule has 8 heteroatoms. The van der Waals surface area contributed by atoms with Crippen LogP contribution >= 0.6 is 62.3 Å². The number of benzene rings is 1. The van der Waals surface area contributed by atoms with E-state index in [0.717, 1.165) is 18.2 Å². The van der Waals surface area contributed by atoms with E-state index in [0.29, 0.717) is 28.9 Å². The number of unbranched alkanes of at least 4 members (excludes halogenated alkanes) is 1. The first kappa shape index (κ1) is 21.8. The van der Waals surface area contributed by atoms with Crippen molar-refractivity contribution in [1.29, 1.82) is 0 Å². The first-order chi connectivity index (χ1) is 11.5. The average molecular weight is 479 g/mol. The van der Waals surface area contributed by atoms with Crippen molar-refractivity contribution < 1.29 is 14.2 Å². The molecule has 0 radical (unpaired) electrons. The fraction of sp³-hybridized carbons (Fsp3) is 0.375. The van der Waals surface area contributed by atoms with Crippen LogP contribution < -0.4 is 14.2 Å². The third-order valence-corrected chi connectivity index (χ3v) is 4.16. The summed E-state index contributed by atoms with van der Waals surface area (Å²) in [4.78, 5) is 0. The van der Waals surface area contributed by atoms with E-state index >= 15 is 0 Å². The quantitative estimate of drug-likeness (QED) is 0.203. The van der Waals surface area contributed by atoms with E-state index in [1.54, 1.807) is 12.1 Å². The van der Waals surface area contributed by atoms with Gasteiger partial charge in [0.2, 0.25) is 0 Å². The zero-order chi connectivity index (χ0) is 17.9. The fourth-order valence-electron chi connectivity index (χ4n) is 1.61. The van der Waals surface area contributed by atoms with Crippen LogP contribution in [0.25, 0.3) is 0 Å². The van der Waals surface area contributed by atoms with E-state index in [9.17, 15) is 0 Å². The molecular formula is C16H17BrCl4O3. The Bertz CT molecular complexity index is 587. The van der Waals surface area contributed by atoms with E-state index < -0.39 is 0 Å². The van der Waals surface area contributed by atoms with Gasteiger partial charge in [-0.1, -0.05) is 68.4 Å². The van der Waals surface area contributed by atoms with Crippen molar-refractivity contribution in [2.24, 2.45) is 0 Å². The molecule has 0 N–H and O–H groups in total. The first-order valence-corrected chi connectivity index (χ1v) is 9.77. The first-order valence-electron chi connectivity index (χ1n) is 7.13. The Labute approximate surface area is 170 Å². The van der Waals surface area contributed by atoms with E-state index in [1.807, 2.05) is 6.92 Å². The summed E-state index contributed by atoms with van der Waals surface area (Å²) in [5.74, 6) is 1.04. The van der Waals surface area contributed by atoms with Crippen LogP contribution in [0.1, 0.15) is 19.8 Å². The minimum absolute atomic E-state index is 0.106. The molecule has 134 valence electrons. The number of alkyl halides is 1. The van der Waals surface area contributed by atoms with Gasteiger partial charge in [-0.05, 0) is 25.8 Å². The molecule has 1 rings (SSSR count). The molecule has 0 atom stereocenters. The van der Waals surface area contributed by atoms with Crippen LogP contribution in [0, 0.1) is 0 Å². The Balaban J connectivity index is 3.04. The Morgan fingerprint density at radius 1 is 1.17 bits per heavy atom. The Morgan fingerprint density at radius 2 is 1.92 bits per heavy atom. The van der Waals surface area contributed by atoms with Gasteiger partial charge >= 0.3 is 0 Å². The van der Waals surface area contributed by atoms with Crippen LogP contribution in [0.3, 0.4) is 0 Å². The Hall–Kier alpha value is -0.260. The maximum absolute atomic E-state index is 6.38. The molecule has 24 heavy (non-hydrogen) atoms. The van der Waals surface area contributed by atoms with E-state index in [1.165, 1.54) is 12.3 Å². The van der Waals surface area contributed by atoms with E-state index in [-0.39, 0.29) is 16.1 Å². The minimum Gasteiger partial charge on any atom is -0.490 e. The van der Waals surface area contributed by atoms with Gasteiger partial charge < -0.3 is 14.2 Å². The highest BCUT2D eigenvalue weighted by atomic mass is 79.9. The van der Waals surface area contributed by atoms with Crippen molar-refractivity contribution in [3.63, 3.8) is 0 Å². The maximum Gasteiger partial charge on any atom is 0.190 e. The van der Waals surface area contributed by atoms with Crippen LogP contribution in [0.15, 0.2) is 29.0 Å². The van der Waals surface area contributed by atoms with Gasteiger partial charge in [-0.25, -0.2) is 0 Å². The number of ether oxygens (including phenoxy) is 3. The fourth-order valence-corrected chi connectivity index (χ4v) is 2.73. The Morgan fingerprint density at radius 3 is 2.54 bits per heavy atom. The van der Waals surface area contributed by atoms with Crippen LogP contribution in [-0.2, 0) is 0 Å². The zero-order valence-corrected chi connectivity index (χ0v) is 17.6. The topological polar surface area (TPSA) is 27.7 Å². The molecule has 0 heterocycles. The second kappa shape index (κ2) is 12.2. The molecule has 0 saturated carbocycles. The molecule has 1 aromatic carbocycles. The van der Waals surface area contributed by atoms with Crippen molar-refractivity contribution in [3.05, 3.63) is 39.0 Å². The lowest BCUT2D eigenvalue weighted by Gasteiger charge is -2.16. The third kappa shape index (κ3) is 7.32. The lowest BCUT2D eigenvalue weighted by atomic mass is 10.3. The zero-order valence-electron chi connectivity index (χ0n) is 13.0. The molecule has 0 aliphatic heterocycles. The van der Waals surface area contributed by atoms with E-state index in [2.05, 4.69) is 15.9 Å². The second-order valence-corrected chi connectivity index (χ2v) is 7.05. The number of hydrogen-bond donors (Lipinski definition) is 0. The predicted octanol–water partition coefficient (Wildman–Crippen LogP) is 7.16. The van der Waals surface area contributed by atoms with Crippen LogP contribution in [0.2, 0.25) is 10.0 Å². The van der Waals surface area contributed by atoms with Crippen molar-refractivity contribution in [3.8, 4) is 17.2 Å². The van der Waals surface area contributed by atoms with E-state index in [4.69, 9.17) is 60.6 Å². The molecule has 0 unspecified atom stereocenters. The largest absolute Gasteiger partial charge is 0.490 e. The van der Waals surface area contributed by atoms with Crippen molar-refractivity contribution in [2.45, 2.75) is 19.8 Å². The van der Waals surface area contributed by atoms with Gasteiger partial charge in [0, 0.05) is 11.4 Å². The number of halogens is 5. The summed E-state index contributed by atoms with van der Waals surface area (Å²) >= 11 is 27.1. The summed E-state index contributed by atoms with van der Waals surface area (Å²) in [6.45, 7) is 2.46. The Kier molecular flexibility index (Phi) is 11.0. The summed E-state index contributed by atoms with van der Waals surface area (Å²) < 4.78 is 16.9. The van der Waals surface area contributed by atoms with Crippen LogP contribution in [0.5, 0.6) is 17.2 Å². The summed E-state index contributed by atoms with van der Waals surface area (Å²) in [6, 6.07) is 1.59. The normalized spacial score (nSPS) is 10.8. The number of rotatable bonds is 10. The highest BCUT2D eigenvalue weighted by Gasteiger charge is 2.19. The molecule has 0 amide bonds. The maximum atomic E-state index is 6.38. The number of hydrogen-bond acceptors (Lipinski definition) is 3. The summed E-state index contributed by atoms with van der Waals surface area (Å²) in [5.41, 5.74) is 0. The molecule has 0 fully saturated rings. The molecule has 0 aromatic heterocycles. The summed E-state index contributed by atoms with van der Waals surface area (Å²) in [6.07, 6.45) is 6.57. The van der Waals surface area contributed by atoms with Gasteiger partial charge in [-0.2, -0.15) is 0 Å². The van der Waals surface area contributed by atoms with Gasteiger partial charge in [0.05, 0.1) is 17.9 Å². The third-order valence-electron chi connectivity index (χ3n) is 2.67. The summed E-state index contributed by atoms with van der Waals surface area (Å²) in [5, 5.41) is 1.50. The molecule has 0 aliphatic carbocycles. The van der Waals surface area contributed by atoms with Gasteiger partial charge in [0.25, 0.3) is 0 Å². The van der Waals surface area contributed by atoms with Gasteiger partial charge in [0.1, 0.15) is 16.1 Å². The highest BCUT2D eigenvalue weighted by Crippen LogP contribution is 2.46. The minimum atomic E-state index is 0.106. The van der Waals surface area contributed by atoms with Crippen LogP contribution in [-0.4, -0.2) is 18.5 Å². The molecule has 0 bridgehead atoms. The molecule has 0 aliphatic rings. The highest BCUT2D eigenvalue weighted by molar-refractivity contribution is 9.09. The van der Waals surface area contributed by atoms with Crippen molar-refractivity contribution in [2.75, 3.05) is 18.5 Å². The lowest BCUT2D eigenvalue weighted by molar-refractivity contribution is 0.304. The van der Waals surface area contributed by atoms with Crippen LogP contribution in [0.4, 0.5) is 0 Å². The molecule has 1 aromatic rings. The van der Waals surface area contributed by atoms with Gasteiger partial charge in [-0.15, -0.1) is 0 Å².